The largest absolute Gasteiger partial charge is 0.386 e. The molecule has 7 nitrogen and oxygen atoms in total. The summed E-state index contributed by atoms with van der Waals surface area (Å²) >= 11 is 8.14. The van der Waals surface area contributed by atoms with Crippen LogP contribution in [0.5, 0.6) is 0 Å². The zero-order valence-electron chi connectivity index (χ0n) is 22.4. The molecule has 1 aromatic rings. The molecule has 0 radical (unpaired) electrons. The Morgan fingerprint density at radius 2 is 2.23 bits per heavy atom. The maximum absolute atomic E-state index is 14.1. The number of aliphatic imine (C=N–C) groups is 3. The van der Waals surface area contributed by atoms with Crippen LogP contribution in [0.15, 0.2) is 80.0 Å². The number of aliphatic hydroxyl groups excluding tert-OH is 1. The molecule has 2 unspecified atom stereocenters. The number of aliphatic hydroxyl groups is 1. The summed E-state index contributed by atoms with van der Waals surface area (Å²) in [6.07, 6.45) is 6.49. The molecule has 11 heteroatoms. The minimum Gasteiger partial charge on any atom is -0.386 e. The molecule has 1 aromatic carbocycles. The highest BCUT2D eigenvalue weighted by molar-refractivity contribution is 8.02. The van der Waals surface area contributed by atoms with Gasteiger partial charge >= 0.3 is 0 Å². The van der Waals surface area contributed by atoms with Gasteiger partial charge in [-0.05, 0) is 49.8 Å². The topological polar surface area (TPSA) is 84.6 Å². The summed E-state index contributed by atoms with van der Waals surface area (Å²) in [6, 6.07) is 3.51. The van der Waals surface area contributed by atoms with Crippen LogP contribution in [0.25, 0.3) is 0 Å². The van der Waals surface area contributed by atoms with Crippen LogP contribution < -0.4 is 10.9 Å². The molecule has 0 aromatic heterocycles. The lowest BCUT2D eigenvalue weighted by atomic mass is 9.80. The maximum atomic E-state index is 14.1. The fourth-order valence-electron chi connectivity index (χ4n) is 5.67. The first kappa shape index (κ1) is 28.7. The first-order valence-electron chi connectivity index (χ1n) is 13.2. The number of amidine groups is 1. The second-order valence-corrected chi connectivity index (χ2v) is 12.0. The summed E-state index contributed by atoms with van der Waals surface area (Å²) in [7, 11) is 0. The van der Waals surface area contributed by atoms with Crippen molar-refractivity contribution in [1.82, 2.24) is 15.8 Å². The Hall–Kier alpha value is -2.79. The molecule has 0 amide bonds. The first-order chi connectivity index (χ1) is 19.2. The normalized spacial score (nSPS) is 27.4. The number of nitrogens with zero attached hydrogens (tertiary/aromatic N) is 4. The zero-order valence-corrected chi connectivity index (χ0v) is 24.0. The van der Waals surface area contributed by atoms with Crippen molar-refractivity contribution in [2.75, 3.05) is 18.8 Å². The maximum Gasteiger partial charge on any atom is 0.124 e. The van der Waals surface area contributed by atoms with E-state index in [1.165, 1.54) is 30.8 Å². The van der Waals surface area contributed by atoms with Crippen molar-refractivity contribution in [1.29, 1.82) is 0 Å². The number of thioether (sulfide) groups is 1. The Balaban J connectivity index is 1.63. The van der Waals surface area contributed by atoms with Crippen LogP contribution >= 0.6 is 23.4 Å². The molecule has 40 heavy (non-hydrogen) atoms. The van der Waals surface area contributed by atoms with E-state index in [9.17, 15) is 13.9 Å². The van der Waals surface area contributed by atoms with Gasteiger partial charge in [-0.1, -0.05) is 30.7 Å². The second kappa shape index (κ2) is 12.0. The van der Waals surface area contributed by atoms with Gasteiger partial charge in [-0.3, -0.25) is 15.0 Å². The number of nitrogens with one attached hydrogen (secondary N) is 2. The van der Waals surface area contributed by atoms with Gasteiger partial charge in [-0.25, -0.2) is 14.2 Å². The standard InChI is InChI=1S/C29H33ClF2N6OS/c1-17(31)12-19-5-7-22(35-19)26-24-14-29(2,28(39)23-8-9-34-37-23)16-38(24)25(15-40-11-10-33-3)36-27(26)20-6-4-18(32)13-21(20)30/h4-8,10-11,13,17,19,27-28,34,37,39H,3,9,12,14-16H2,1-2H3/b11-10-/t17-,19?,27+,28?,29-/m1/s1. The predicted molar refractivity (Wildman–Crippen MR) is 160 cm³/mol. The van der Waals surface area contributed by atoms with E-state index < -0.39 is 29.5 Å². The molecule has 4 aliphatic heterocycles. The van der Waals surface area contributed by atoms with Gasteiger partial charge in [-0.2, -0.15) is 0 Å². The van der Waals surface area contributed by atoms with Gasteiger partial charge in [0.1, 0.15) is 23.8 Å². The van der Waals surface area contributed by atoms with E-state index in [1.807, 2.05) is 23.6 Å². The lowest BCUT2D eigenvalue weighted by molar-refractivity contribution is 0.0718. The number of alkyl halides is 1. The number of halogens is 3. The van der Waals surface area contributed by atoms with Gasteiger partial charge in [0.15, 0.2) is 0 Å². The fraction of sp³-hybridized carbons (Fsp3) is 0.414. The molecule has 0 spiro atoms. The third kappa shape index (κ3) is 5.81. The Kier molecular flexibility index (Phi) is 8.61. The molecule has 1 saturated heterocycles. The minimum atomic E-state index is -0.994. The van der Waals surface area contributed by atoms with Crippen LogP contribution in [0.4, 0.5) is 8.78 Å². The second-order valence-electron chi connectivity index (χ2n) is 10.7. The summed E-state index contributed by atoms with van der Waals surface area (Å²) in [5.41, 5.74) is 9.50. The van der Waals surface area contributed by atoms with Crippen LogP contribution in [0.2, 0.25) is 5.02 Å². The van der Waals surface area contributed by atoms with E-state index in [0.29, 0.717) is 36.5 Å². The van der Waals surface area contributed by atoms with Gasteiger partial charge < -0.3 is 15.4 Å². The highest BCUT2D eigenvalue weighted by Crippen LogP contribution is 2.49. The number of fused-ring (bicyclic) bond motifs is 1. The molecule has 0 aliphatic carbocycles. The van der Waals surface area contributed by atoms with Gasteiger partial charge in [-0.15, -0.1) is 11.8 Å². The van der Waals surface area contributed by atoms with Gasteiger partial charge in [0.2, 0.25) is 0 Å². The van der Waals surface area contributed by atoms with E-state index >= 15 is 0 Å². The van der Waals surface area contributed by atoms with E-state index in [0.717, 1.165) is 22.8 Å². The Bertz CT molecular complexity index is 1360. The molecule has 0 bridgehead atoms. The first-order valence-corrected chi connectivity index (χ1v) is 14.6. The van der Waals surface area contributed by atoms with Crippen molar-refractivity contribution in [2.45, 2.75) is 51.0 Å². The smallest absolute Gasteiger partial charge is 0.124 e. The van der Waals surface area contributed by atoms with Crippen molar-refractivity contribution < 1.29 is 13.9 Å². The van der Waals surface area contributed by atoms with E-state index in [2.05, 4.69) is 34.4 Å². The molecule has 0 saturated carbocycles. The molecule has 5 atom stereocenters. The van der Waals surface area contributed by atoms with Crippen LogP contribution in [-0.2, 0) is 0 Å². The number of allylic oxidation sites excluding steroid dienone is 2. The number of hydrogen-bond donors (Lipinski definition) is 3. The molecule has 5 rings (SSSR count). The summed E-state index contributed by atoms with van der Waals surface area (Å²) in [4.78, 5) is 16.0. The SMILES string of the molecule is C=N/C=C\SCC1=N[C@@H](c2ccc(F)cc2Cl)C(C2=NC(C[C@@H](C)F)C=C2)=C2C[C@@](C)(C(O)C3=CCNN3)CN12. The molecule has 3 N–H and O–H groups in total. The summed E-state index contributed by atoms with van der Waals surface area (Å²) in [5.74, 6) is 0.915. The molecule has 4 heterocycles. The van der Waals surface area contributed by atoms with Crippen molar-refractivity contribution in [2.24, 2.45) is 20.4 Å². The van der Waals surface area contributed by atoms with Crippen molar-refractivity contribution in [3.8, 4) is 0 Å². The third-order valence-electron chi connectivity index (χ3n) is 7.56. The van der Waals surface area contributed by atoms with Gasteiger partial charge in [0, 0.05) is 53.0 Å². The Morgan fingerprint density at radius 1 is 1.40 bits per heavy atom. The number of benzene rings is 1. The lowest BCUT2D eigenvalue weighted by Crippen LogP contribution is -2.42. The average molecular weight is 587 g/mol. The van der Waals surface area contributed by atoms with Gasteiger partial charge in [0.05, 0.1) is 29.4 Å². The average Bonchev–Trinajstić information content (AvgIpc) is 3.66. The zero-order chi connectivity index (χ0) is 28.4. The molecular weight excluding hydrogens is 554 g/mol. The molecule has 212 valence electrons. The highest BCUT2D eigenvalue weighted by atomic mass is 35.5. The Morgan fingerprint density at radius 3 is 2.92 bits per heavy atom. The van der Waals surface area contributed by atoms with Crippen molar-refractivity contribution in [3.05, 3.63) is 81.4 Å². The fourth-order valence-corrected chi connectivity index (χ4v) is 6.59. The highest BCUT2D eigenvalue weighted by Gasteiger charge is 2.49. The van der Waals surface area contributed by atoms with Crippen LogP contribution in [0, 0.1) is 11.2 Å². The molecular formula is C29H33ClF2N6OS. The quantitative estimate of drug-likeness (QED) is 0.325. The number of hydrogen-bond acceptors (Lipinski definition) is 8. The lowest BCUT2D eigenvalue weighted by Gasteiger charge is -2.34. The minimum absolute atomic E-state index is 0.270. The van der Waals surface area contributed by atoms with Crippen molar-refractivity contribution in [3.63, 3.8) is 0 Å². The van der Waals surface area contributed by atoms with E-state index in [-0.39, 0.29) is 17.5 Å². The summed E-state index contributed by atoms with van der Waals surface area (Å²) in [6.45, 7) is 8.24. The van der Waals surface area contributed by atoms with Gasteiger partial charge in [0.25, 0.3) is 0 Å². The molecule has 4 aliphatic rings. The third-order valence-corrected chi connectivity index (χ3v) is 8.62. The number of rotatable bonds is 10. The predicted octanol–water partition coefficient (Wildman–Crippen LogP) is 5.28. The van der Waals surface area contributed by atoms with E-state index in [1.54, 1.807) is 12.3 Å². The molecule has 1 fully saturated rings. The van der Waals surface area contributed by atoms with Crippen LogP contribution in [-0.4, -0.2) is 65.4 Å². The van der Waals surface area contributed by atoms with E-state index in [4.69, 9.17) is 21.6 Å². The van der Waals surface area contributed by atoms with Crippen LogP contribution in [0.1, 0.15) is 38.3 Å². The van der Waals surface area contributed by atoms with Crippen LogP contribution in [0.3, 0.4) is 0 Å². The number of hydrazine groups is 1. The Labute approximate surface area is 242 Å². The summed E-state index contributed by atoms with van der Waals surface area (Å²) < 4.78 is 27.9. The summed E-state index contributed by atoms with van der Waals surface area (Å²) in [5, 5.41) is 13.6. The van der Waals surface area contributed by atoms with Crippen molar-refractivity contribution >= 4 is 41.6 Å². The monoisotopic (exact) mass is 586 g/mol.